The van der Waals surface area contributed by atoms with Gasteiger partial charge in [-0.1, -0.05) is 29.3 Å². The minimum absolute atomic E-state index is 0.331. The van der Waals surface area contributed by atoms with Gasteiger partial charge in [-0.3, -0.25) is 0 Å². The van der Waals surface area contributed by atoms with Crippen LogP contribution in [0.4, 0.5) is 9.59 Å². The van der Waals surface area contributed by atoms with E-state index in [9.17, 15) is 9.59 Å². The zero-order valence-electron chi connectivity index (χ0n) is 20.3. The van der Waals surface area contributed by atoms with Crippen LogP contribution in [0.5, 0.6) is 0 Å². The number of hydrogen-bond donors (Lipinski definition) is 0. The van der Waals surface area contributed by atoms with E-state index < -0.39 is 11.2 Å². The number of ether oxygens (including phenoxy) is 2. The summed E-state index contributed by atoms with van der Waals surface area (Å²) in [6.07, 6.45) is 1.60. The van der Waals surface area contributed by atoms with Crippen molar-refractivity contribution in [1.82, 2.24) is 9.80 Å². The summed E-state index contributed by atoms with van der Waals surface area (Å²) in [7, 11) is 1.73. The van der Waals surface area contributed by atoms with Crippen molar-refractivity contribution in [2.45, 2.75) is 77.4 Å². The van der Waals surface area contributed by atoms with Gasteiger partial charge in [0.15, 0.2) is 0 Å². The second-order valence-electron chi connectivity index (χ2n) is 10.6. The van der Waals surface area contributed by atoms with Crippen LogP contribution in [0.1, 0.15) is 66.4 Å². The number of carbonyl (C=O) groups excluding carboxylic acids is 2. The third-order valence-corrected chi connectivity index (χ3v) is 6.13. The van der Waals surface area contributed by atoms with Gasteiger partial charge >= 0.3 is 12.2 Å². The highest BCUT2D eigenvalue weighted by Crippen LogP contribution is 2.40. The quantitative estimate of drug-likeness (QED) is 0.485. The van der Waals surface area contributed by atoms with Crippen molar-refractivity contribution in [3.05, 3.63) is 33.8 Å². The predicted octanol–water partition coefficient (Wildman–Crippen LogP) is 6.52. The van der Waals surface area contributed by atoms with Gasteiger partial charge in [-0.15, -0.1) is 0 Å². The first-order valence-corrected chi connectivity index (χ1v) is 11.8. The Morgan fingerprint density at radius 2 is 1.69 bits per heavy atom. The molecule has 0 spiro atoms. The number of nitrogens with zero attached hydrogens (tertiary/aromatic N) is 2. The maximum Gasteiger partial charge on any atom is 0.410 e. The van der Waals surface area contributed by atoms with Gasteiger partial charge in [-0.25, -0.2) is 9.59 Å². The van der Waals surface area contributed by atoms with Crippen LogP contribution >= 0.6 is 23.2 Å². The molecule has 0 saturated carbocycles. The Hall–Kier alpha value is -1.66. The molecular formula is C24H36Cl2N2O4. The highest BCUT2D eigenvalue weighted by molar-refractivity contribution is 6.42. The molecule has 1 fully saturated rings. The van der Waals surface area contributed by atoms with Gasteiger partial charge in [0, 0.05) is 32.1 Å². The van der Waals surface area contributed by atoms with E-state index in [0.29, 0.717) is 36.1 Å². The normalized spacial score (nSPS) is 19.5. The Bertz CT molecular complexity index is 832. The standard InChI is InChI=1S/C24H36Cl2N2O4/c1-22(2,3)31-20(29)27(7)14-12-24(17-9-10-18(25)19(26)15-17)11-8-13-28(16-24)21(30)32-23(4,5)6/h9-10,15H,8,11-14,16H2,1-7H3. The molecule has 6 nitrogen and oxygen atoms in total. The van der Waals surface area contributed by atoms with Crippen molar-refractivity contribution in [1.29, 1.82) is 0 Å². The van der Waals surface area contributed by atoms with Crippen LogP contribution in [0.3, 0.4) is 0 Å². The van der Waals surface area contributed by atoms with Crippen molar-refractivity contribution in [2.75, 3.05) is 26.7 Å². The molecule has 32 heavy (non-hydrogen) atoms. The molecule has 1 atom stereocenters. The van der Waals surface area contributed by atoms with Gasteiger partial charge in [0.2, 0.25) is 0 Å². The van der Waals surface area contributed by atoms with Gasteiger partial charge in [-0.05, 0) is 78.5 Å². The summed E-state index contributed by atoms with van der Waals surface area (Å²) in [5, 5.41) is 0.953. The first-order valence-electron chi connectivity index (χ1n) is 11.0. The Morgan fingerprint density at radius 1 is 1.06 bits per heavy atom. The second-order valence-corrected chi connectivity index (χ2v) is 11.4. The SMILES string of the molecule is CN(CCC1(c2ccc(Cl)c(Cl)c2)CCCN(C(=O)OC(C)(C)C)C1)C(=O)OC(C)(C)C. The van der Waals surface area contributed by atoms with Crippen LogP contribution in [-0.2, 0) is 14.9 Å². The summed E-state index contributed by atoms with van der Waals surface area (Å²) in [4.78, 5) is 28.6. The van der Waals surface area contributed by atoms with Crippen LogP contribution in [-0.4, -0.2) is 59.9 Å². The molecular weight excluding hydrogens is 451 g/mol. The number of carbonyl (C=O) groups is 2. The van der Waals surface area contributed by atoms with Gasteiger partial charge < -0.3 is 19.3 Å². The van der Waals surface area contributed by atoms with E-state index in [1.165, 1.54) is 0 Å². The highest BCUT2D eigenvalue weighted by atomic mass is 35.5. The number of likely N-dealkylation sites (tertiary alicyclic amines) is 1. The summed E-state index contributed by atoms with van der Waals surface area (Å²) in [6, 6.07) is 5.61. The van der Waals surface area contributed by atoms with E-state index in [2.05, 4.69) is 0 Å². The zero-order chi connectivity index (χ0) is 24.3. The van der Waals surface area contributed by atoms with Crippen molar-refractivity contribution in [2.24, 2.45) is 0 Å². The summed E-state index contributed by atoms with van der Waals surface area (Å²) in [6.45, 7) is 12.7. The number of piperidine rings is 1. The minimum atomic E-state index is -0.572. The van der Waals surface area contributed by atoms with Crippen LogP contribution in [0, 0.1) is 0 Å². The van der Waals surface area contributed by atoms with Gasteiger partial charge in [-0.2, -0.15) is 0 Å². The lowest BCUT2D eigenvalue weighted by Gasteiger charge is -2.44. The molecule has 1 aliphatic rings. The molecule has 1 aromatic carbocycles. The minimum Gasteiger partial charge on any atom is -0.444 e. The summed E-state index contributed by atoms with van der Waals surface area (Å²) in [5.74, 6) is 0. The summed E-state index contributed by atoms with van der Waals surface area (Å²) in [5.41, 5.74) is -0.527. The molecule has 1 aromatic rings. The van der Waals surface area contributed by atoms with Crippen LogP contribution in [0.15, 0.2) is 18.2 Å². The molecule has 0 N–H and O–H groups in total. The maximum atomic E-state index is 12.8. The van der Waals surface area contributed by atoms with Gasteiger partial charge in [0.1, 0.15) is 11.2 Å². The van der Waals surface area contributed by atoms with Gasteiger partial charge in [0.05, 0.1) is 10.0 Å². The summed E-state index contributed by atoms with van der Waals surface area (Å²) < 4.78 is 11.1. The Balaban J connectivity index is 2.28. The average Bonchev–Trinajstić information content (AvgIpc) is 2.65. The third-order valence-electron chi connectivity index (χ3n) is 5.39. The molecule has 1 aliphatic heterocycles. The number of hydrogen-bond acceptors (Lipinski definition) is 4. The van der Waals surface area contributed by atoms with Crippen molar-refractivity contribution in [3.63, 3.8) is 0 Å². The fraction of sp³-hybridized carbons (Fsp3) is 0.667. The van der Waals surface area contributed by atoms with Crippen LogP contribution in [0.25, 0.3) is 0 Å². The molecule has 2 amide bonds. The van der Waals surface area contributed by atoms with Gasteiger partial charge in [0.25, 0.3) is 0 Å². The largest absolute Gasteiger partial charge is 0.444 e. The lowest BCUT2D eigenvalue weighted by atomic mass is 9.71. The number of rotatable bonds is 4. The first-order chi connectivity index (χ1) is 14.6. The van der Waals surface area contributed by atoms with E-state index in [-0.39, 0.29) is 17.6 Å². The van der Waals surface area contributed by atoms with Crippen molar-refractivity contribution >= 4 is 35.4 Å². The number of halogens is 2. The topological polar surface area (TPSA) is 59.1 Å². The highest BCUT2D eigenvalue weighted by Gasteiger charge is 2.40. The fourth-order valence-electron chi connectivity index (χ4n) is 3.84. The Kier molecular flexibility index (Phi) is 8.38. The van der Waals surface area contributed by atoms with Crippen molar-refractivity contribution in [3.8, 4) is 0 Å². The molecule has 1 unspecified atom stereocenters. The zero-order valence-corrected chi connectivity index (χ0v) is 21.8. The Morgan fingerprint density at radius 3 is 2.25 bits per heavy atom. The summed E-state index contributed by atoms with van der Waals surface area (Å²) >= 11 is 12.5. The molecule has 8 heteroatoms. The number of amides is 2. The molecule has 1 saturated heterocycles. The first kappa shape index (κ1) is 26.6. The molecule has 0 radical (unpaired) electrons. The molecule has 180 valence electrons. The molecule has 2 rings (SSSR count). The molecule has 0 aromatic heterocycles. The van der Waals surface area contributed by atoms with Crippen LogP contribution < -0.4 is 0 Å². The van der Waals surface area contributed by atoms with E-state index in [1.54, 1.807) is 22.9 Å². The third kappa shape index (κ3) is 7.45. The molecule has 1 heterocycles. The maximum absolute atomic E-state index is 12.8. The molecule has 0 bridgehead atoms. The van der Waals surface area contributed by atoms with E-state index in [4.69, 9.17) is 32.7 Å². The monoisotopic (exact) mass is 486 g/mol. The predicted molar refractivity (Wildman–Crippen MR) is 129 cm³/mol. The lowest BCUT2D eigenvalue weighted by molar-refractivity contribution is 0.00979. The fourth-order valence-corrected chi connectivity index (χ4v) is 4.14. The van der Waals surface area contributed by atoms with E-state index in [1.807, 2.05) is 53.7 Å². The van der Waals surface area contributed by atoms with Crippen molar-refractivity contribution < 1.29 is 19.1 Å². The smallest absolute Gasteiger partial charge is 0.410 e. The van der Waals surface area contributed by atoms with E-state index >= 15 is 0 Å². The van der Waals surface area contributed by atoms with Crippen LogP contribution in [0.2, 0.25) is 10.0 Å². The average molecular weight is 487 g/mol. The lowest BCUT2D eigenvalue weighted by Crippen LogP contribution is -2.51. The molecule has 0 aliphatic carbocycles. The second kappa shape index (κ2) is 10.1. The van der Waals surface area contributed by atoms with E-state index in [0.717, 1.165) is 18.4 Å². The Labute approximate surface area is 202 Å². The number of benzene rings is 1.